The fraction of sp³-hybridized carbons (Fsp3) is 0.467. The minimum Gasteiger partial charge on any atom is -0.744 e. The van der Waals surface area contributed by atoms with Gasteiger partial charge in [0.25, 0.3) is 8.53 Å². The topological polar surface area (TPSA) is 166 Å². The van der Waals surface area contributed by atoms with Gasteiger partial charge in [-0.15, -0.1) is 0 Å². The van der Waals surface area contributed by atoms with Crippen molar-refractivity contribution in [2.75, 3.05) is 31.2 Å². The van der Waals surface area contributed by atoms with Gasteiger partial charge in [-0.2, -0.15) is 9.84 Å². The Bertz CT molecular complexity index is 2470. The number of allylic oxidation sites excluding steroid dienone is 6. The number of likely N-dealkylation sites (N-methyl/N-ethyl adjacent to an activating group) is 1. The number of rotatable bonds is 19. The van der Waals surface area contributed by atoms with Gasteiger partial charge in [-0.1, -0.05) is 56.3 Å². The van der Waals surface area contributed by atoms with Gasteiger partial charge in [0.05, 0.1) is 40.9 Å². The number of para-hydroxylation sites is 1. The molecule has 3 aromatic rings. The predicted molar refractivity (Wildman–Crippen MR) is 237 cm³/mol. The molecule has 0 aliphatic carbocycles. The molecule has 3 aromatic carbocycles. The number of hydrogen-bond acceptors (Lipinski definition) is 11. The van der Waals surface area contributed by atoms with E-state index in [4.69, 9.17) is 14.3 Å². The zero-order valence-electron chi connectivity index (χ0n) is 37.1. The molecule has 0 aromatic heterocycles. The van der Waals surface area contributed by atoms with Gasteiger partial charge in [-0.25, -0.2) is 21.5 Å². The summed E-state index contributed by atoms with van der Waals surface area (Å²) in [5.41, 5.74) is 4.90. The maximum atomic E-state index is 12.3. The molecule has 0 saturated heterocycles. The smallest absolute Gasteiger partial charge is 0.744 e. The van der Waals surface area contributed by atoms with Crippen LogP contribution >= 0.6 is 8.53 Å². The van der Waals surface area contributed by atoms with E-state index < -0.39 is 44.0 Å². The minimum absolute atomic E-state index is 0. The Kier molecular flexibility index (Phi) is 17.9. The van der Waals surface area contributed by atoms with Crippen LogP contribution in [0.1, 0.15) is 99.1 Å². The third-order valence-electron chi connectivity index (χ3n) is 11.2. The van der Waals surface area contributed by atoms with Crippen LogP contribution in [0, 0.1) is 11.3 Å². The third kappa shape index (κ3) is 11.4. The van der Waals surface area contributed by atoms with Crippen molar-refractivity contribution in [1.82, 2.24) is 4.67 Å². The Morgan fingerprint density at radius 3 is 2.16 bits per heavy atom. The molecule has 0 fully saturated rings. The Balaban J connectivity index is 0.00000819. The first kappa shape index (κ1) is 51.5. The summed E-state index contributed by atoms with van der Waals surface area (Å²) in [6.07, 6.45) is 13.2. The third-order valence-corrected chi connectivity index (χ3v) is 15.0. The van der Waals surface area contributed by atoms with Crippen molar-refractivity contribution in [3.63, 3.8) is 0 Å². The molecule has 0 saturated carbocycles. The van der Waals surface area contributed by atoms with Crippen LogP contribution < -0.4 is 56.3 Å². The molecule has 0 spiro atoms. The molecule has 5 rings (SSSR count). The predicted octanol–water partition coefficient (Wildman–Crippen LogP) is 6.31. The number of benzene rings is 3. The van der Waals surface area contributed by atoms with Crippen molar-refractivity contribution in [1.29, 1.82) is 5.26 Å². The first-order valence-electron chi connectivity index (χ1n) is 20.5. The Labute approximate surface area is 407 Å². The zero-order valence-corrected chi connectivity index (χ0v) is 42.8. The van der Waals surface area contributed by atoms with Gasteiger partial charge in [0.1, 0.15) is 26.8 Å². The van der Waals surface area contributed by atoms with Crippen molar-refractivity contribution < 1.29 is 90.9 Å². The van der Waals surface area contributed by atoms with Gasteiger partial charge >= 0.3 is 51.4 Å². The molecule has 0 radical (unpaired) electrons. The molecule has 1 unspecified atom stereocenters. The van der Waals surface area contributed by atoms with E-state index in [1.807, 2.05) is 45.1 Å². The summed E-state index contributed by atoms with van der Waals surface area (Å²) in [6, 6.07) is 16.2. The van der Waals surface area contributed by atoms with E-state index in [1.165, 1.54) is 29.1 Å². The van der Waals surface area contributed by atoms with Crippen LogP contribution in [-0.4, -0.2) is 79.3 Å². The summed E-state index contributed by atoms with van der Waals surface area (Å²) in [4.78, 5) is 0.568. The quantitative estimate of drug-likeness (QED) is 0.0331. The molecule has 324 valence electrons. The monoisotopic (exact) mass is 916 g/mol. The van der Waals surface area contributed by atoms with Crippen LogP contribution in [0.4, 0.5) is 11.4 Å². The van der Waals surface area contributed by atoms with E-state index in [2.05, 4.69) is 92.1 Å². The van der Waals surface area contributed by atoms with Crippen molar-refractivity contribution >= 4 is 56.6 Å². The Morgan fingerprint density at radius 2 is 1.54 bits per heavy atom. The summed E-state index contributed by atoms with van der Waals surface area (Å²) in [5.74, 6) is 0. The number of nitrogens with zero attached hydrogens (tertiary/aromatic N) is 4. The van der Waals surface area contributed by atoms with E-state index in [-0.39, 0.29) is 79.7 Å². The fourth-order valence-corrected chi connectivity index (χ4v) is 11.5. The molecule has 2 heterocycles. The average molecular weight is 917 g/mol. The number of unbranched alkanes of at least 4 members (excludes halogenated alkanes) is 2. The SMILES string of the molecule is CCN1/C(=C/C=C/C=C/C2=[N+](CCCCCOP(OCCC#N)N(C(C)C)C(C)C)c3ccccc3C2(C)C)C(C)(C)c2c1ccc1c(S(=O)(=O)[O-])cc(S(=O)(=O)[O-])cc21.[K+]. The summed E-state index contributed by atoms with van der Waals surface area (Å²) >= 11 is 0. The Hall–Kier alpha value is -2.13. The molecule has 2 aliphatic rings. The maximum absolute atomic E-state index is 12.3. The number of hydrogen-bond donors (Lipinski definition) is 0. The minimum atomic E-state index is -5.10. The second-order valence-electron chi connectivity index (χ2n) is 16.7. The first-order chi connectivity index (χ1) is 28.2. The Morgan fingerprint density at radius 1 is 0.869 bits per heavy atom. The van der Waals surface area contributed by atoms with E-state index in [0.29, 0.717) is 37.8 Å². The van der Waals surface area contributed by atoms with Gasteiger partial charge in [0.15, 0.2) is 5.71 Å². The standard InChI is InChI=1S/C45H59N4O8PS2.K/c1-10-47-39-25-24-35-36(30-34(59(50,51)52)31-40(35)60(53,54)55)43(39)45(8,9)42(47)23-14-11-13-22-41-44(6,7)37-20-15-16-21-38(37)48(41)27-17-12-18-28-56-58(57-29-19-26-46)49(32(2)3)33(4)5;/h11,13-16,20-25,30-33H,10,12,17-19,27-29H2,1-9H3,(H-,50,51,52,53,54,55);/q;+1/p-1. The van der Waals surface area contributed by atoms with E-state index in [1.54, 1.807) is 6.07 Å². The van der Waals surface area contributed by atoms with Crippen molar-refractivity contribution in [3.05, 3.63) is 95.7 Å². The molecular formula is C45H58KN4O8PS2. The van der Waals surface area contributed by atoms with E-state index >= 15 is 0 Å². The van der Waals surface area contributed by atoms with Crippen LogP contribution in [0.25, 0.3) is 10.8 Å². The molecule has 0 N–H and O–H groups in total. The molecular weight excluding hydrogens is 859 g/mol. The first-order valence-corrected chi connectivity index (χ1v) is 24.4. The van der Waals surface area contributed by atoms with Gasteiger partial charge in [0.2, 0.25) is 5.69 Å². The van der Waals surface area contributed by atoms with Crippen LogP contribution in [0.2, 0.25) is 0 Å². The molecule has 2 aliphatic heterocycles. The van der Waals surface area contributed by atoms with Gasteiger partial charge in [-0.05, 0) is 102 Å². The fourth-order valence-electron chi connectivity index (χ4n) is 8.58. The van der Waals surface area contributed by atoms with Crippen molar-refractivity contribution in [2.24, 2.45) is 0 Å². The molecule has 16 heteroatoms. The number of nitriles is 1. The average Bonchev–Trinajstić information content (AvgIpc) is 3.52. The molecule has 0 bridgehead atoms. The molecule has 12 nitrogen and oxygen atoms in total. The normalized spacial score (nSPS) is 17.3. The van der Waals surface area contributed by atoms with E-state index in [0.717, 1.165) is 37.2 Å². The van der Waals surface area contributed by atoms with Crippen molar-refractivity contribution in [3.8, 4) is 6.07 Å². The molecule has 61 heavy (non-hydrogen) atoms. The largest absolute Gasteiger partial charge is 1.00 e. The summed E-state index contributed by atoms with van der Waals surface area (Å²) in [7, 11) is -11.4. The maximum Gasteiger partial charge on any atom is 1.00 e. The number of fused-ring (bicyclic) bond motifs is 4. The summed E-state index contributed by atoms with van der Waals surface area (Å²) in [6.45, 7) is 21.2. The van der Waals surface area contributed by atoms with Crippen LogP contribution in [0.15, 0.2) is 94.4 Å². The van der Waals surface area contributed by atoms with Gasteiger partial charge in [0, 0.05) is 59.6 Å². The van der Waals surface area contributed by atoms with Crippen LogP contribution in [0.3, 0.4) is 0 Å². The second kappa shape index (κ2) is 21.2. The summed E-state index contributed by atoms with van der Waals surface area (Å²) in [5, 5.41) is 9.33. The van der Waals surface area contributed by atoms with Crippen molar-refractivity contribution in [2.45, 2.75) is 121 Å². The summed E-state index contributed by atoms with van der Waals surface area (Å²) < 4.78 is 90.2. The van der Waals surface area contributed by atoms with Gasteiger partial charge < -0.3 is 23.1 Å². The van der Waals surface area contributed by atoms with Crippen LogP contribution in [0.5, 0.6) is 0 Å². The molecule has 0 amide bonds. The van der Waals surface area contributed by atoms with Crippen LogP contribution in [-0.2, 0) is 40.1 Å². The molecule has 1 atom stereocenters. The second-order valence-corrected chi connectivity index (χ2v) is 20.9. The number of anilines is 1. The van der Waals surface area contributed by atoms with Gasteiger partial charge in [-0.3, -0.25) is 0 Å². The van der Waals surface area contributed by atoms with E-state index in [9.17, 15) is 25.9 Å². The zero-order chi connectivity index (χ0) is 44.2.